The molecule has 0 spiro atoms. The molecule has 2 aromatic heterocycles. The van der Waals surface area contributed by atoms with Crippen molar-refractivity contribution in [1.82, 2.24) is 9.97 Å². The number of rotatable bonds is 6. The molecule has 0 fully saturated rings. The van der Waals surface area contributed by atoms with Crippen molar-refractivity contribution < 1.29 is 9.18 Å². The third-order valence-corrected chi connectivity index (χ3v) is 6.44. The van der Waals surface area contributed by atoms with E-state index in [-0.39, 0.29) is 18.3 Å². The van der Waals surface area contributed by atoms with Crippen molar-refractivity contribution in [1.29, 1.82) is 0 Å². The molecule has 2 heterocycles. The molecule has 5 rings (SSSR count). The van der Waals surface area contributed by atoms with Gasteiger partial charge in [-0.05, 0) is 41.5 Å². The van der Waals surface area contributed by atoms with E-state index >= 15 is 0 Å². The number of carbonyl (C=O) groups excluding carboxylic acids is 1. The monoisotopic (exact) mass is 453 g/mol. The minimum absolute atomic E-state index is 0.113. The lowest BCUT2D eigenvalue weighted by atomic mass is 9.90. The second-order valence-electron chi connectivity index (χ2n) is 7.61. The predicted molar refractivity (Wildman–Crippen MR) is 130 cm³/mol. The predicted octanol–water partition coefficient (Wildman–Crippen LogP) is 6.20. The molecule has 5 aromatic rings. The summed E-state index contributed by atoms with van der Waals surface area (Å²) in [5.41, 5.74) is 3.20. The molecule has 0 saturated heterocycles. The summed E-state index contributed by atoms with van der Waals surface area (Å²) >= 11 is 1.30. The Balaban J connectivity index is 1.62. The van der Waals surface area contributed by atoms with Crippen molar-refractivity contribution in [3.63, 3.8) is 0 Å². The average molecular weight is 454 g/mol. The van der Waals surface area contributed by atoms with Gasteiger partial charge in [0.15, 0.2) is 5.13 Å². The van der Waals surface area contributed by atoms with E-state index in [1.807, 2.05) is 78.9 Å². The number of anilines is 1. The van der Waals surface area contributed by atoms with Crippen molar-refractivity contribution in [2.24, 2.45) is 0 Å². The van der Waals surface area contributed by atoms with Crippen molar-refractivity contribution in [2.45, 2.75) is 12.5 Å². The third-order valence-electron chi connectivity index (χ3n) is 5.40. The summed E-state index contributed by atoms with van der Waals surface area (Å²) < 4.78 is 14.5. The number of thiazole rings is 1. The van der Waals surface area contributed by atoms with Crippen LogP contribution >= 0.6 is 11.3 Å². The van der Waals surface area contributed by atoms with E-state index in [1.165, 1.54) is 23.5 Å². The van der Waals surface area contributed by atoms with E-state index in [2.05, 4.69) is 9.97 Å². The van der Waals surface area contributed by atoms with Crippen LogP contribution < -0.4 is 4.90 Å². The molecule has 0 aliphatic rings. The van der Waals surface area contributed by atoms with Gasteiger partial charge in [0.2, 0.25) is 5.91 Å². The lowest BCUT2D eigenvalue weighted by Gasteiger charge is -2.26. The number of carbonyl (C=O) groups is 1. The Labute approximate surface area is 195 Å². The van der Waals surface area contributed by atoms with Crippen LogP contribution in [-0.2, 0) is 11.3 Å². The number of nitrogens with zero attached hydrogens (tertiary/aromatic N) is 3. The van der Waals surface area contributed by atoms with Crippen molar-refractivity contribution in [2.75, 3.05) is 4.90 Å². The van der Waals surface area contributed by atoms with Gasteiger partial charge in [0, 0.05) is 6.20 Å². The number of benzene rings is 3. The highest BCUT2D eigenvalue weighted by atomic mass is 32.1. The van der Waals surface area contributed by atoms with Gasteiger partial charge < -0.3 is 0 Å². The number of hydrogen-bond donors (Lipinski definition) is 0. The maximum Gasteiger partial charge on any atom is 0.241 e. The second kappa shape index (κ2) is 9.30. The lowest BCUT2D eigenvalue weighted by molar-refractivity contribution is -0.119. The highest BCUT2D eigenvalue weighted by molar-refractivity contribution is 7.22. The summed E-state index contributed by atoms with van der Waals surface area (Å²) in [4.78, 5) is 24.9. The number of aromatic nitrogens is 2. The van der Waals surface area contributed by atoms with E-state index in [9.17, 15) is 9.18 Å². The quantitative estimate of drug-likeness (QED) is 0.308. The van der Waals surface area contributed by atoms with Gasteiger partial charge >= 0.3 is 0 Å². The highest BCUT2D eigenvalue weighted by Crippen LogP contribution is 2.34. The first-order chi connectivity index (χ1) is 16.2. The van der Waals surface area contributed by atoms with Crippen molar-refractivity contribution in [3.8, 4) is 0 Å². The molecular formula is C27H20FN3OS. The molecule has 1 amide bonds. The van der Waals surface area contributed by atoms with Gasteiger partial charge in [-0.15, -0.1) is 0 Å². The van der Waals surface area contributed by atoms with E-state index in [1.54, 1.807) is 17.2 Å². The van der Waals surface area contributed by atoms with Crippen molar-refractivity contribution in [3.05, 3.63) is 126 Å². The summed E-state index contributed by atoms with van der Waals surface area (Å²) in [6.45, 7) is 0.262. The lowest BCUT2D eigenvalue weighted by Crippen LogP contribution is -2.35. The van der Waals surface area contributed by atoms with Gasteiger partial charge in [0.25, 0.3) is 0 Å². The molecule has 6 heteroatoms. The zero-order valence-corrected chi connectivity index (χ0v) is 18.5. The summed E-state index contributed by atoms with van der Waals surface area (Å²) in [5, 5.41) is 0.517. The smallest absolute Gasteiger partial charge is 0.241 e. The molecule has 0 radical (unpaired) electrons. The first-order valence-electron chi connectivity index (χ1n) is 10.6. The Hall–Kier alpha value is -3.90. The molecular weight excluding hydrogens is 433 g/mol. The van der Waals surface area contributed by atoms with E-state index in [0.717, 1.165) is 16.8 Å². The minimum atomic E-state index is -0.514. The van der Waals surface area contributed by atoms with Crippen LogP contribution in [0.5, 0.6) is 0 Å². The zero-order chi connectivity index (χ0) is 22.6. The Morgan fingerprint density at radius 1 is 0.879 bits per heavy atom. The molecule has 0 aliphatic heterocycles. The van der Waals surface area contributed by atoms with Crippen LogP contribution in [0.4, 0.5) is 9.52 Å². The highest BCUT2D eigenvalue weighted by Gasteiger charge is 2.30. The molecule has 0 bridgehead atoms. The number of amides is 1. The largest absolute Gasteiger partial charge is 0.281 e. The van der Waals surface area contributed by atoms with Gasteiger partial charge in [0.1, 0.15) is 5.82 Å². The first kappa shape index (κ1) is 21.0. The Morgan fingerprint density at radius 2 is 1.55 bits per heavy atom. The summed E-state index contributed by atoms with van der Waals surface area (Å²) in [7, 11) is 0. The van der Waals surface area contributed by atoms with Gasteiger partial charge in [0.05, 0.1) is 28.4 Å². The number of pyridine rings is 1. The van der Waals surface area contributed by atoms with Crippen LogP contribution in [0.15, 0.2) is 103 Å². The maximum absolute atomic E-state index is 14.2. The molecule has 33 heavy (non-hydrogen) atoms. The second-order valence-corrected chi connectivity index (χ2v) is 8.62. The van der Waals surface area contributed by atoms with Crippen LogP contribution in [0.1, 0.15) is 22.7 Å². The van der Waals surface area contributed by atoms with E-state index < -0.39 is 5.92 Å². The van der Waals surface area contributed by atoms with Crippen LogP contribution in [0.25, 0.3) is 10.2 Å². The number of hydrogen-bond acceptors (Lipinski definition) is 4. The molecule has 0 aliphatic carbocycles. The Morgan fingerprint density at radius 3 is 2.18 bits per heavy atom. The average Bonchev–Trinajstić information content (AvgIpc) is 3.27. The SMILES string of the molecule is O=C(C(c1ccccc1)c1ccccc1)N(Cc1ccccn1)c1nc2ccc(F)cc2s1. The first-order valence-corrected chi connectivity index (χ1v) is 11.4. The molecule has 0 unspecified atom stereocenters. The normalized spacial score (nSPS) is 11.1. The van der Waals surface area contributed by atoms with Gasteiger partial charge in [-0.1, -0.05) is 78.1 Å². The zero-order valence-electron chi connectivity index (χ0n) is 17.6. The fourth-order valence-corrected chi connectivity index (χ4v) is 4.81. The van der Waals surface area contributed by atoms with Crippen LogP contribution in [0.3, 0.4) is 0 Å². The van der Waals surface area contributed by atoms with Gasteiger partial charge in [-0.25, -0.2) is 9.37 Å². The standard InChI is InChI=1S/C27H20FN3OS/c28-21-14-15-23-24(17-21)33-27(30-23)31(18-22-13-7-8-16-29-22)26(32)25(19-9-3-1-4-10-19)20-11-5-2-6-12-20/h1-17,25H,18H2. The topological polar surface area (TPSA) is 46.1 Å². The van der Waals surface area contributed by atoms with Gasteiger partial charge in [-0.2, -0.15) is 0 Å². The summed E-state index contributed by atoms with van der Waals surface area (Å²) in [5.74, 6) is -0.954. The summed E-state index contributed by atoms with van der Waals surface area (Å²) in [6, 6.07) is 29.5. The minimum Gasteiger partial charge on any atom is -0.281 e. The molecule has 0 N–H and O–H groups in total. The number of fused-ring (bicyclic) bond motifs is 1. The fraction of sp³-hybridized carbons (Fsp3) is 0.0741. The van der Waals surface area contributed by atoms with E-state index in [4.69, 9.17) is 0 Å². The van der Waals surface area contributed by atoms with Crippen LogP contribution in [0.2, 0.25) is 0 Å². The Kier molecular flexibility index (Phi) is 5.91. The Bertz CT molecular complexity index is 1330. The maximum atomic E-state index is 14.2. The third kappa shape index (κ3) is 4.52. The molecule has 162 valence electrons. The summed E-state index contributed by atoms with van der Waals surface area (Å²) in [6.07, 6.45) is 1.71. The number of halogens is 1. The molecule has 3 aromatic carbocycles. The van der Waals surface area contributed by atoms with Gasteiger partial charge in [-0.3, -0.25) is 14.7 Å². The molecule has 0 atom stereocenters. The van der Waals surface area contributed by atoms with E-state index in [0.29, 0.717) is 15.3 Å². The van der Waals surface area contributed by atoms with Crippen LogP contribution in [0, 0.1) is 5.82 Å². The fourth-order valence-electron chi connectivity index (χ4n) is 3.82. The molecule has 4 nitrogen and oxygen atoms in total. The molecule has 0 saturated carbocycles. The van der Waals surface area contributed by atoms with Crippen molar-refractivity contribution >= 4 is 32.6 Å². The van der Waals surface area contributed by atoms with Crippen LogP contribution in [-0.4, -0.2) is 15.9 Å².